The average Bonchev–Trinajstić information content (AvgIpc) is 2.17. The number of benzene rings is 1. The first-order valence-corrected chi connectivity index (χ1v) is 5.65. The second-order valence-corrected chi connectivity index (χ2v) is 4.50. The monoisotopic (exact) mass is 228 g/mol. The molecule has 0 spiro atoms. The molecule has 0 radical (unpaired) electrons. The third-order valence-corrected chi connectivity index (χ3v) is 2.48. The van der Waals surface area contributed by atoms with E-state index in [2.05, 4.69) is 14.1 Å². The van der Waals surface area contributed by atoms with Gasteiger partial charge in [0.25, 0.3) is 0 Å². The molecule has 3 heteroatoms. The first-order chi connectivity index (χ1) is 7.09. The predicted octanol–water partition coefficient (Wildman–Crippen LogP) is 1.56. The van der Waals surface area contributed by atoms with E-state index >= 15 is 0 Å². The lowest BCUT2D eigenvalue weighted by Crippen LogP contribution is -3.05. The van der Waals surface area contributed by atoms with Crippen LogP contribution in [0, 0.1) is 6.92 Å². The summed E-state index contributed by atoms with van der Waals surface area (Å²) in [6, 6.07) is 5.84. The van der Waals surface area contributed by atoms with Gasteiger partial charge >= 0.3 is 0 Å². The molecule has 0 saturated carbocycles. The Morgan fingerprint density at radius 1 is 1.33 bits per heavy atom. The van der Waals surface area contributed by atoms with Crippen LogP contribution in [0.1, 0.15) is 12.0 Å². The highest BCUT2D eigenvalue weighted by Crippen LogP contribution is 2.25. The van der Waals surface area contributed by atoms with Crippen molar-refractivity contribution in [1.29, 1.82) is 0 Å². The van der Waals surface area contributed by atoms with Crippen molar-refractivity contribution in [3.63, 3.8) is 0 Å². The zero-order valence-electron chi connectivity index (χ0n) is 9.64. The van der Waals surface area contributed by atoms with E-state index in [4.69, 9.17) is 16.3 Å². The minimum atomic E-state index is 0.692. The van der Waals surface area contributed by atoms with Gasteiger partial charge in [-0.3, -0.25) is 0 Å². The van der Waals surface area contributed by atoms with Crippen LogP contribution in [0.25, 0.3) is 0 Å². The molecular weight excluding hydrogens is 210 g/mol. The van der Waals surface area contributed by atoms with Crippen molar-refractivity contribution in [2.75, 3.05) is 27.2 Å². The van der Waals surface area contributed by atoms with E-state index in [9.17, 15) is 0 Å². The average molecular weight is 229 g/mol. The minimum Gasteiger partial charge on any atom is -0.492 e. The standard InChI is InChI=1S/C12H18ClNO/c1-10-5-6-11(13)12(9-10)15-8-4-7-14(2)3/h5-6,9H,4,7-8H2,1-3H3/p+1. The minimum absolute atomic E-state index is 0.692. The molecule has 1 aromatic carbocycles. The summed E-state index contributed by atoms with van der Waals surface area (Å²) < 4.78 is 5.62. The predicted molar refractivity (Wildman–Crippen MR) is 64.0 cm³/mol. The molecular formula is C12H19ClNO+. The SMILES string of the molecule is Cc1ccc(Cl)c(OCCC[NH+](C)C)c1. The Balaban J connectivity index is 2.40. The molecule has 0 amide bonds. The molecule has 0 unspecified atom stereocenters. The topological polar surface area (TPSA) is 13.7 Å². The summed E-state index contributed by atoms with van der Waals surface area (Å²) in [5.41, 5.74) is 1.17. The molecule has 0 heterocycles. The van der Waals surface area contributed by atoms with Crippen molar-refractivity contribution >= 4 is 11.6 Å². The molecule has 0 fully saturated rings. The third-order valence-electron chi connectivity index (χ3n) is 2.17. The van der Waals surface area contributed by atoms with Gasteiger partial charge in [0.05, 0.1) is 32.3 Å². The Morgan fingerprint density at radius 3 is 2.73 bits per heavy atom. The molecule has 0 saturated heterocycles. The highest BCUT2D eigenvalue weighted by molar-refractivity contribution is 6.32. The molecule has 15 heavy (non-hydrogen) atoms. The first kappa shape index (κ1) is 12.3. The second kappa shape index (κ2) is 5.99. The maximum atomic E-state index is 6.01. The fourth-order valence-electron chi connectivity index (χ4n) is 1.33. The van der Waals surface area contributed by atoms with E-state index in [-0.39, 0.29) is 0 Å². The van der Waals surface area contributed by atoms with Crippen molar-refractivity contribution in [1.82, 2.24) is 0 Å². The van der Waals surface area contributed by atoms with Gasteiger partial charge in [0, 0.05) is 6.42 Å². The van der Waals surface area contributed by atoms with Gasteiger partial charge in [-0.1, -0.05) is 17.7 Å². The third kappa shape index (κ3) is 4.54. The molecule has 1 rings (SSSR count). The second-order valence-electron chi connectivity index (χ2n) is 4.09. The Morgan fingerprint density at radius 2 is 2.07 bits per heavy atom. The van der Waals surface area contributed by atoms with E-state index in [0.29, 0.717) is 5.02 Å². The van der Waals surface area contributed by atoms with Crippen LogP contribution in [0.5, 0.6) is 5.75 Å². The maximum absolute atomic E-state index is 6.01. The Hall–Kier alpha value is -0.730. The van der Waals surface area contributed by atoms with Crippen LogP contribution in [0.2, 0.25) is 5.02 Å². The van der Waals surface area contributed by atoms with E-state index in [1.165, 1.54) is 10.5 Å². The lowest BCUT2D eigenvalue weighted by atomic mass is 10.2. The fourth-order valence-corrected chi connectivity index (χ4v) is 1.50. The highest BCUT2D eigenvalue weighted by Gasteiger charge is 2.01. The summed E-state index contributed by atoms with van der Waals surface area (Å²) in [5.74, 6) is 0.797. The van der Waals surface area contributed by atoms with Crippen molar-refractivity contribution in [2.45, 2.75) is 13.3 Å². The summed E-state index contributed by atoms with van der Waals surface area (Å²) >= 11 is 6.01. The Labute approximate surface area is 96.8 Å². The number of hydrogen-bond acceptors (Lipinski definition) is 1. The fraction of sp³-hybridized carbons (Fsp3) is 0.500. The van der Waals surface area contributed by atoms with Crippen LogP contribution in [0.3, 0.4) is 0 Å². The quantitative estimate of drug-likeness (QED) is 0.756. The Kier molecular flexibility index (Phi) is 4.92. The van der Waals surface area contributed by atoms with Gasteiger partial charge in [-0.25, -0.2) is 0 Å². The summed E-state index contributed by atoms with van der Waals surface area (Å²) in [6.07, 6.45) is 1.05. The first-order valence-electron chi connectivity index (χ1n) is 5.27. The molecule has 0 bridgehead atoms. The van der Waals surface area contributed by atoms with Crippen LogP contribution >= 0.6 is 11.6 Å². The van der Waals surface area contributed by atoms with E-state index in [1.807, 2.05) is 25.1 Å². The van der Waals surface area contributed by atoms with Gasteiger partial charge in [0.1, 0.15) is 5.75 Å². The smallest absolute Gasteiger partial charge is 0.138 e. The number of halogens is 1. The van der Waals surface area contributed by atoms with E-state index < -0.39 is 0 Å². The molecule has 2 nitrogen and oxygen atoms in total. The Bertz CT molecular complexity index is 312. The molecule has 0 atom stereocenters. The number of ether oxygens (including phenoxy) is 1. The number of hydrogen-bond donors (Lipinski definition) is 1. The van der Waals surface area contributed by atoms with Crippen LogP contribution < -0.4 is 9.64 Å². The van der Waals surface area contributed by atoms with Crippen molar-refractivity contribution in [3.8, 4) is 5.75 Å². The number of quaternary nitrogens is 1. The molecule has 84 valence electrons. The lowest BCUT2D eigenvalue weighted by molar-refractivity contribution is -0.858. The van der Waals surface area contributed by atoms with Crippen molar-refractivity contribution in [3.05, 3.63) is 28.8 Å². The van der Waals surface area contributed by atoms with Crippen molar-refractivity contribution in [2.24, 2.45) is 0 Å². The van der Waals surface area contributed by atoms with Crippen LogP contribution in [0.15, 0.2) is 18.2 Å². The molecule has 1 aromatic rings. The largest absolute Gasteiger partial charge is 0.492 e. The van der Waals surface area contributed by atoms with Gasteiger partial charge in [-0.2, -0.15) is 0 Å². The van der Waals surface area contributed by atoms with Gasteiger partial charge in [0.2, 0.25) is 0 Å². The van der Waals surface area contributed by atoms with Crippen molar-refractivity contribution < 1.29 is 9.64 Å². The molecule has 0 aromatic heterocycles. The summed E-state index contributed by atoms with van der Waals surface area (Å²) in [7, 11) is 4.28. The number of rotatable bonds is 5. The van der Waals surface area contributed by atoms with Gasteiger partial charge in [0.15, 0.2) is 0 Å². The van der Waals surface area contributed by atoms with Gasteiger partial charge in [-0.05, 0) is 24.6 Å². The summed E-state index contributed by atoms with van der Waals surface area (Å²) in [5, 5.41) is 0.692. The lowest BCUT2D eigenvalue weighted by Gasteiger charge is -2.10. The number of aryl methyl sites for hydroxylation is 1. The molecule has 0 aliphatic heterocycles. The molecule has 0 aliphatic carbocycles. The molecule has 1 N–H and O–H groups in total. The van der Waals surface area contributed by atoms with Crippen LogP contribution in [-0.4, -0.2) is 27.2 Å². The van der Waals surface area contributed by atoms with Gasteiger partial charge < -0.3 is 9.64 Å². The zero-order valence-corrected chi connectivity index (χ0v) is 10.4. The zero-order chi connectivity index (χ0) is 11.3. The van der Waals surface area contributed by atoms with Crippen LogP contribution in [0.4, 0.5) is 0 Å². The van der Waals surface area contributed by atoms with Crippen LogP contribution in [-0.2, 0) is 0 Å². The highest BCUT2D eigenvalue weighted by atomic mass is 35.5. The van der Waals surface area contributed by atoms with Gasteiger partial charge in [-0.15, -0.1) is 0 Å². The summed E-state index contributed by atoms with van der Waals surface area (Å²) in [6.45, 7) is 3.88. The maximum Gasteiger partial charge on any atom is 0.138 e. The normalized spacial score (nSPS) is 10.7. The van der Waals surface area contributed by atoms with E-state index in [1.54, 1.807) is 0 Å². The number of nitrogens with one attached hydrogen (secondary N) is 1. The summed E-state index contributed by atoms with van der Waals surface area (Å²) in [4.78, 5) is 1.44. The molecule has 0 aliphatic rings. The van der Waals surface area contributed by atoms with E-state index in [0.717, 1.165) is 25.3 Å².